The SMILES string of the molecule is CC(CO)CCOC1CC(C)CO1. The minimum Gasteiger partial charge on any atom is -0.396 e. The van der Waals surface area contributed by atoms with Gasteiger partial charge >= 0.3 is 0 Å². The third-order valence-corrected chi connectivity index (χ3v) is 2.39. The number of rotatable bonds is 5. The number of aliphatic hydroxyl groups is 1. The molecule has 0 spiro atoms. The highest BCUT2D eigenvalue weighted by Gasteiger charge is 2.22. The van der Waals surface area contributed by atoms with Crippen LogP contribution in [0.4, 0.5) is 0 Å². The largest absolute Gasteiger partial charge is 0.396 e. The van der Waals surface area contributed by atoms with E-state index in [1.54, 1.807) is 0 Å². The molecule has 1 rings (SSSR count). The topological polar surface area (TPSA) is 38.7 Å². The molecule has 3 nitrogen and oxygen atoms in total. The Hall–Kier alpha value is -0.120. The normalized spacial score (nSPS) is 30.7. The molecule has 3 heteroatoms. The van der Waals surface area contributed by atoms with Crippen molar-refractivity contribution in [3.05, 3.63) is 0 Å². The monoisotopic (exact) mass is 188 g/mol. The Balaban J connectivity index is 2.00. The third kappa shape index (κ3) is 4.07. The van der Waals surface area contributed by atoms with Crippen LogP contribution in [0.1, 0.15) is 26.7 Å². The highest BCUT2D eigenvalue weighted by atomic mass is 16.7. The van der Waals surface area contributed by atoms with E-state index in [1.165, 1.54) is 0 Å². The Morgan fingerprint density at radius 2 is 2.38 bits per heavy atom. The average Bonchev–Trinajstić information content (AvgIpc) is 2.51. The molecule has 0 aromatic heterocycles. The molecule has 1 saturated heterocycles. The molecular weight excluding hydrogens is 168 g/mol. The van der Waals surface area contributed by atoms with Gasteiger partial charge in [-0.05, 0) is 18.3 Å². The summed E-state index contributed by atoms with van der Waals surface area (Å²) in [7, 11) is 0. The molecule has 0 saturated carbocycles. The molecule has 1 fully saturated rings. The van der Waals surface area contributed by atoms with Crippen molar-refractivity contribution in [2.45, 2.75) is 33.0 Å². The summed E-state index contributed by atoms with van der Waals surface area (Å²) in [6.07, 6.45) is 1.92. The fourth-order valence-corrected chi connectivity index (χ4v) is 1.34. The van der Waals surface area contributed by atoms with Crippen LogP contribution >= 0.6 is 0 Å². The lowest BCUT2D eigenvalue weighted by molar-refractivity contribution is -0.113. The molecule has 0 aliphatic carbocycles. The van der Waals surface area contributed by atoms with Gasteiger partial charge in [0.15, 0.2) is 6.29 Å². The summed E-state index contributed by atoms with van der Waals surface area (Å²) in [6, 6.07) is 0. The van der Waals surface area contributed by atoms with Crippen molar-refractivity contribution in [2.24, 2.45) is 11.8 Å². The quantitative estimate of drug-likeness (QED) is 0.709. The van der Waals surface area contributed by atoms with E-state index in [9.17, 15) is 0 Å². The Bertz CT molecular complexity index is 138. The second kappa shape index (κ2) is 5.58. The minimum absolute atomic E-state index is 0.000827. The van der Waals surface area contributed by atoms with E-state index in [4.69, 9.17) is 14.6 Å². The lowest BCUT2D eigenvalue weighted by atomic mass is 10.1. The van der Waals surface area contributed by atoms with Gasteiger partial charge in [-0.25, -0.2) is 0 Å². The fraction of sp³-hybridized carbons (Fsp3) is 1.00. The van der Waals surface area contributed by atoms with E-state index in [2.05, 4.69) is 6.92 Å². The lowest BCUT2D eigenvalue weighted by Gasteiger charge is -2.12. The maximum Gasteiger partial charge on any atom is 0.157 e. The van der Waals surface area contributed by atoms with Crippen molar-refractivity contribution in [2.75, 3.05) is 19.8 Å². The summed E-state index contributed by atoms with van der Waals surface area (Å²) in [5.74, 6) is 0.957. The van der Waals surface area contributed by atoms with Gasteiger partial charge in [0.2, 0.25) is 0 Å². The molecule has 78 valence electrons. The van der Waals surface area contributed by atoms with Crippen molar-refractivity contribution in [3.8, 4) is 0 Å². The summed E-state index contributed by atoms with van der Waals surface area (Å²) in [4.78, 5) is 0. The maximum atomic E-state index is 8.78. The van der Waals surface area contributed by atoms with Gasteiger partial charge in [0.05, 0.1) is 13.2 Å². The van der Waals surface area contributed by atoms with Gasteiger partial charge in [-0.3, -0.25) is 0 Å². The summed E-state index contributed by atoms with van der Waals surface area (Å²) < 4.78 is 10.9. The molecule has 1 aliphatic rings. The van der Waals surface area contributed by atoms with Gasteiger partial charge < -0.3 is 14.6 Å². The molecule has 13 heavy (non-hydrogen) atoms. The van der Waals surface area contributed by atoms with Gasteiger partial charge in [0.25, 0.3) is 0 Å². The third-order valence-electron chi connectivity index (χ3n) is 2.39. The minimum atomic E-state index is 0.000827. The van der Waals surface area contributed by atoms with Crippen LogP contribution in [-0.4, -0.2) is 31.2 Å². The number of hydrogen-bond acceptors (Lipinski definition) is 3. The molecule has 0 aromatic carbocycles. The summed E-state index contributed by atoms with van der Waals surface area (Å²) in [6.45, 7) is 5.94. The van der Waals surface area contributed by atoms with Gasteiger partial charge in [-0.15, -0.1) is 0 Å². The van der Waals surface area contributed by atoms with Crippen molar-refractivity contribution in [1.29, 1.82) is 0 Å². The first kappa shape index (κ1) is 11.0. The van der Waals surface area contributed by atoms with Crippen LogP contribution in [0, 0.1) is 11.8 Å². The number of hydrogen-bond donors (Lipinski definition) is 1. The van der Waals surface area contributed by atoms with E-state index >= 15 is 0 Å². The maximum absolute atomic E-state index is 8.78. The highest BCUT2D eigenvalue weighted by Crippen LogP contribution is 2.19. The molecule has 0 aromatic rings. The van der Waals surface area contributed by atoms with Crippen LogP contribution in [0.5, 0.6) is 0 Å². The second-order valence-corrected chi connectivity index (χ2v) is 4.05. The fourth-order valence-electron chi connectivity index (χ4n) is 1.34. The van der Waals surface area contributed by atoms with Crippen LogP contribution in [0.3, 0.4) is 0 Å². The Morgan fingerprint density at radius 3 is 2.92 bits per heavy atom. The van der Waals surface area contributed by atoms with E-state index in [-0.39, 0.29) is 12.9 Å². The first-order valence-electron chi connectivity index (χ1n) is 5.06. The Labute approximate surface area is 80.0 Å². The zero-order chi connectivity index (χ0) is 9.68. The van der Waals surface area contributed by atoms with Gasteiger partial charge in [0.1, 0.15) is 0 Å². The molecule has 0 amide bonds. The van der Waals surface area contributed by atoms with Crippen LogP contribution in [0.25, 0.3) is 0 Å². The van der Waals surface area contributed by atoms with Gasteiger partial charge in [0, 0.05) is 13.0 Å². The van der Waals surface area contributed by atoms with Crippen molar-refractivity contribution in [3.63, 3.8) is 0 Å². The summed E-state index contributed by atoms with van der Waals surface area (Å²) >= 11 is 0. The average molecular weight is 188 g/mol. The molecule has 1 aliphatic heterocycles. The summed E-state index contributed by atoms with van der Waals surface area (Å²) in [5.41, 5.74) is 0. The van der Waals surface area contributed by atoms with Crippen molar-refractivity contribution < 1.29 is 14.6 Å². The molecule has 1 N–H and O–H groups in total. The number of ether oxygens (including phenoxy) is 2. The van der Waals surface area contributed by atoms with Crippen LogP contribution < -0.4 is 0 Å². The van der Waals surface area contributed by atoms with E-state index in [0.717, 1.165) is 19.4 Å². The van der Waals surface area contributed by atoms with Gasteiger partial charge in [-0.2, -0.15) is 0 Å². The molecule has 0 radical (unpaired) electrons. The molecule has 3 atom stereocenters. The van der Waals surface area contributed by atoms with Crippen LogP contribution in [0.15, 0.2) is 0 Å². The van der Waals surface area contributed by atoms with E-state index in [0.29, 0.717) is 18.4 Å². The van der Waals surface area contributed by atoms with Crippen LogP contribution in [0.2, 0.25) is 0 Å². The molecule has 3 unspecified atom stereocenters. The standard InChI is InChI=1S/C10H20O3/c1-8(6-11)3-4-12-10-5-9(2)7-13-10/h8-11H,3-7H2,1-2H3. The second-order valence-electron chi connectivity index (χ2n) is 4.05. The zero-order valence-electron chi connectivity index (χ0n) is 8.53. The first-order valence-corrected chi connectivity index (χ1v) is 5.06. The lowest BCUT2D eigenvalue weighted by Crippen LogP contribution is -2.14. The molecular formula is C10H20O3. The summed E-state index contributed by atoms with van der Waals surface area (Å²) in [5, 5.41) is 8.78. The van der Waals surface area contributed by atoms with Crippen molar-refractivity contribution in [1.82, 2.24) is 0 Å². The first-order chi connectivity index (χ1) is 6.22. The van der Waals surface area contributed by atoms with E-state index < -0.39 is 0 Å². The zero-order valence-corrected chi connectivity index (χ0v) is 8.53. The highest BCUT2D eigenvalue weighted by molar-refractivity contribution is 4.63. The van der Waals surface area contributed by atoms with Crippen LogP contribution in [-0.2, 0) is 9.47 Å². The predicted octanol–water partition coefficient (Wildman–Crippen LogP) is 1.40. The van der Waals surface area contributed by atoms with E-state index in [1.807, 2.05) is 6.92 Å². The Kier molecular flexibility index (Phi) is 4.70. The predicted molar refractivity (Wildman–Crippen MR) is 50.3 cm³/mol. The van der Waals surface area contributed by atoms with Crippen molar-refractivity contribution >= 4 is 0 Å². The number of aliphatic hydroxyl groups excluding tert-OH is 1. The smallest absolute Gasteiger partial charge is 0.157 e. The Morgan fingerprint density at radius 1 is 1.62 bits per heavy atom. The molecule has 1 heterocycles. The van der Waals surface area contributed by atoms with Gasteiger partial charge in [-0.1, -0.05) is 13.8 Å². The molecule has 0 bridgehead atoms.